The minimum Gasteiger partial charge on any atom is -0.414 e. The monoisotopic (exact) mass is 464 g/mol. The Morgan fingerprint density at radius 2 is 1.40 bits per heavy atom. The number of hydrogen-bond acceptors (Lipinski definition) is 3. The predicted octanol–water partition coefficient (Wildman–Crippen LogP) is 8.28. The van der Waals surface area contributed by atoms with Crippen molar-refractivity contribution >= 4 is 28.4 Å². The van der Waals surface area contributed by atoms with Gasteiger partial charge in [0, 0.05) is 17.1 Å². The molecular formula is C25H44O2SSi2. The molecule has 0 radical (unpaired) electrons. The number of hydrogen-bond donors (Lipinski definition) is 0. The summed E-state index contributed by atoms with van der Waals surface area (Å²) in [5.74, 6) is 0.996. The Kier molecular flexibility index (Phi) is 8.34. The average Bonchev–Trinajstić information content (AvgIpc) is 2.59. The highest BCUT2D eigenvalue weighted by Crippen LogP contribution is 2.42. The summed E-state index contributed by atoms with van der Waals surface area (Å²) in [6.45, 7) is 23.4. The molecule has 0 spiro atoms. The van der Waals surface area contributed by atoms with Crippen molar-refractivity contribution in [2.24, 2.45) is 0 Å². The molecule has 0 bridgehead atoms. The van der Waals surface area contributed by atoms with E-state index in [1.54, 1.807) is 0 Å². The Labute approximate surface area is 192 Å². The summed E-state index contributed by atoms with van der Waals surface area (Å²) in [6.07, 6.45) is 4.86. The smallest absolute Gasteiger partial charge is 0.192 e. The van der Waals surface area contributed by atoms with Crippen LogP contribution in [0.4, 0.5) is 0 Å². The van der Waals surface area contributed by atoms with Crippen LogP contribution >= 0.6 is 11.8 Å². The van der Waals surface area contributed by atoms with Crippen molar-refractivity contribution in [1.29, 1.82) is 0 Å². The van der Waals surface area contributed by atoms with Crippen molar-refractivity contribution in [2.45, 2.75) is 108 Å². The first-order chi connectivity index (χ1) is 13.6. The molecule has 2 nitrogen and oxygen atoms in total. The number of thioether (sulfide) groups is 1. The van der Waals surface area contributed by atoms with Crippen LogP contribution in [0.25, 0.3) is 0 Å². The Bertz CT molecular complexity index is 715. The largest absolute Gasteiger partial charge is 0.414 e. The standard InChI is InChI=1S/C25H44O2SSi2/c1-24(2,3)29(7,8)26-21-17-16-20(19-28-22-14-12-11-13-15-22)23(18-21)27-30(9,10)25(4,5)6/h11-16,21,23H,17-19H2,1-10H3/t21-,23+/m1/s1. The summed E-state index contributed by atoms with van der Waals surface area (Å²) in [4.78, 5) is 1.32. The zero-order valence-electron chi connectivity index (χ0n) is 21.0. The number of benzene rings is 1. The van der Waals surface area contributed by atoms with Crippen molar-refractivity contribution in [1.82, 2.24) is 0 Å². The SMILES string of the molecule is CC(C)(C)[Si](C)(C)O[C@@H]1CC=C(CSc2ccccc2)[C@@H](O[Si](C)(C)C(C)(C)C)C1. The Morgan fingerprint density at radius 1 is 0.867 bits per heavy atom. The summed E-state index contributed by atoms with van der Waals surface area (Å²) in [5, 5.41) is 0.438. The van der Waals surface area contributed by atoms with Gasteiger partial charge in [-0.25, -0.2) is 0 Å². The summed E-state index contributed by atoms with van der Waals surface area (Å²) >= 11 is 1.92. The first-order valence-electron chi connectivity index (χ1n) is 11.3. The van der Waals surface area contributed by atoms with Gasteiger partial charge >= 0.3 is 0 Å². The van der Waals surface area contributed by atoms with E-state index in [0.717, 1.165) is 18.6 Å². The molecule has 1 aliphatic carbocycles. The normalized spacial score (nSPS) is 21.5. The van der Waals surface area contributed by atoms with E-state index < -0.39 is 16.6 Å². The molecule has 0 aliphatic heterocycles. The van der Waals surface area contributed by atoms with Gasteiger partial charge < -0.3 is 8.85 Å². The topological polar surface area (TPSA) is 18.5 Å². The van der Waals surface area contributed by atoms with E-state index in [4.69, 9.17) is 8.85 Å². The molecule has 0 heterocycles. The van der Waals surface area contributed by atoms with Crippen LogP contribution in [0, 0.1) is 0 Å². The van der Waals surface area contributed by atoms with Crippen molar-refractivity contribution in [2.75, 3.05) is 5.75 Å². The quantitative estimate of drug-likeness (QED) is 0.230. The molecule has 0 N–H and O–H groups in total. The Balaban J connectivity index is 2.19. The zero-order valence-corrected chi connectivity index (χ0v) is 23.8. The average molecular weight is 465 g/mol. The maximum Gasteiger partial charge on any atom is 0.192 e. The van der Waals surface area contributed by atoms with E-state index in [2.05, 4.69) is 104 Å². The van der Waals surface area contributed by atoms with Gasteiger partial charge in [0.2, 0.25) is 0 Å². The third kappa shape index (κ3) is 6.83. The molecule has 0 fully saturated rings. The predicted molar refractivity (Wildman–Crippen MR) is 139 cm³/mol. The van der Waals surface area contributed by atoms with E-state index in [-0.39, 0.29) is 22.3 Å². The third-order valence-electron chi connectivity index (χ3n) is 7.19. The van der Waals surface area contributed by atoms with Gasteiger partial charge in [-0.1, -0.05) is 65.8 Å². The first kappa shape index (κ1) is 25.9. The van der Waals surface area contributed by atoms with Crippen LogP contribution in [0.5, 0.6) is 0 Å². The molecule has 170 valence electrons. The minimum absolute atomic E-state index is 0.172. The fourth-order valence-corrected chi connectivity index (χ4v) is 6.76. The molecule has 30 heavy (non-hydrogen) atoms. The summed E-state index contributed by atoms with van der Waals surface area (Å²) in [6, 6.07) is 10.7. The van der Waals surface area contributed by atoms with Crippen LogP contribution in [-0.2, 0) is 8.85 Å². The van der Waals surface area contributed by atoms with E-state index in [1.807, 2.05) is 11.8 Å². The van der Waals surface area contributed by atoms with Gasteiger partial charge in [0.15, 0.2) is 16.6 Å². The van der Waals surface area contributed by atoms with E-state index in [9.17, 15) is 0 Å². The third-order valence-corrected chi connectivity index (χ3v) is 17.3. The fourth-order valence-electron chi connectivity index (χ4n) is 3.08. The molecule has 0 aromatic heterocycles. The van der Waals surface area contributed by atoms with E-state index in [1.165, 1.54) is 10.5 Å². The van der Waals surface area contributed by atoms with Crippen LogP contribution < -0.4 is 0 Å². The van der Waals surface area contributed by atoms with Gasteiger partial charge in [-0.15, -0.1) is 11.8 Å². The molecule has 0 saturated heterocycles. The van der Waals surface area contributed by atoms with Gasteiger partial charge in [0.05, 0.1) is 12.2 Å². The van der Waals surface area contributed by atoms with Gasteiger partial charge in [0.1, 0.15) is 0 Å². The molecule has 0 amide bonds. The van der Waals surface area contributed by atoms with Crippen LogP contribution in [0.3, 0.4) is 0 Å². The maximum atomic E-state index is 6.97. The summed E-state index contributed by atoms with van der Waals surface area (Å²) in [7, 11) is -3.65. The van der Waals surface area contributed by atoms with Crippen molar-refractivity contribution in [3.8, 4) is 0 Å². The summed E-state index contributed by atoms with van der Waals surface area (Å²) < 4.78 is 13.8. The molecule has 1 aromatic rings. The van der Waals surface area contributed by atoms with Crippen LogP contribution in [0.2, 0.25) is 36.3 Å². The maximum absolute atomic E-state index is 6.97. The molecule has 2 rings (SSSR count). The lowest BCUT2D eigenvalue weighted by atomic mass is 9.95. The molecule has 2 atom stereocenters. The first-order valence-corrected chi connectivity index (χ1v) is 18.1. The molecule has 0 saturated carbocycles. The van der Waals surface area contributed by atoms with Gasteiger partial charge in [-0.05, 0) is 60.4 Å². The van der Waals surface area contributed by atoms with Crippen molar-refractivity contribution in [3.63, 3.8) is 0 Å². The zero-order chi connectivity index (χ0) is 22.8. The highest BCUT2D eigenvalue weighted by Gasteiger charge is 2.43. The lowest BCUT2D eigenvalue weighted by Gasteiger charge is -2.44. The minimum atomic E-state index is -1.86. The van der Waals surface area contributed by atoms with Crippen LogP contribution in [0.1, 0.15) is 54.4 Å². The molecular weight excluding hydrogens is 421 g/mol. The highest BCUT2D eigenvalue weighted by atomic mass is 32.2. The van der Waals surface area contributed by atoms with Crippen LogP contribution in [0.15, 0.2) is 46.9 Å². The second-order valence-corrected chi connectivity index (χ2v) is 22.3. The van der Waals surface area contributed by atoms with Crippen molar-refractivity contribution < 1.29 is 8.85 Å². The molecule has 1 aromatic carbocycles. The van der Waals surface area contributed by atoms with Gasteiger partial charge in [-0.2, -0.15) is 0 Å². The molecule has 1 aliphatic rings. The lowest BCUT2D eigenvalue weighted by Crippen LogP contribution is -2.48. The summed E-state index contributed by atoms with van der Waals surface area (Å²) in [5.41, 5.74) is 1.45. The number of rotatable bonds is 7. The van der Waals surface area contributed by atoms with E-state index in [0.29, 0.717) is 0 Å². The Hall–Kier alpha value is -0.336. The van der Waals surface area contributed by atoms with Crippen molar-refractivity contribution in [3.05, 3.63) is 42.0 Å². The van der Waals surface area contributed by atoms with Gasteiger partial charge in [-0.3, -0.25) is 0 Å². The Morgan fingerprint density at radius 3 is 1.93 bits per heavy atom. The lowest BCUT2D eigenvalue weighted by molar-refractivity contribution is 0.101. The fraction of sp³-hybridized carbons (Fsp3) is 0.680. The second-order valence-electron chi connectivity index (χ2n) is 11.7. The second kappa shape index (κ2) is 9.66. The van der Waals surface area contributed by atoms with Crippen LogP contribution in [-0.4, -0.2) is 34.6 Å². The van der Waals surface area contributed by atoms with E-state index >= 15 is 0 Å². The van der Waals surface area contributed by atoms with Gasteiger partial charge in [0.25, 0.3) is 0 Å². The molecule has 5 heteroatoms. The highest BCUT2D eigenvalue weighted by molar-refractivity contribution is 7.99. The molecule has 0 unspecified atom stereocenters.